The third kappa shape index (κ3) is 4.84. The molecule has 1 fully saturated rings. The van der Waals surface area contributed by atoms with Crippen LogP contribution in [0.3, 0.4) is 0 Å². The molecular weight excluding hydrogens is 252 g/mol. The number of nitrogens with zero attached hydrogens (tertiary/aromatic N) is 1. The van der Waals surface area contributed by atoms with Gasteiger partial charge in [-0.05, 0) is 25.8 Å². The van der Waals surface area contributed by atoms with Crippen molar-refractivity contribution < 1.29 is 13.2 Å². The van der Waals surface area contributed by atoms with E-state index in [1.807, 2.05) is 0 Å². The van der Waals surface area contributed by atoms with Gasteiger partial charge in [-0.2, -0.15) is 0 Å². The van der Waals surface area contributed by atoms with Gasteiger partial charge in [-0.1, -0.05) is 6.92 Å². The molecule has 0 aromatic carbocycles. The number of methoxy groups -OCH3 is 1. The van der Waals surface area contributed by atoms with Gasteiger partial charge in [0.25, 0.3) is 0 Å². The van der Waals surface area contributed by atoms with Gasteiger partial charge in [0.1, 0.15) is 9.84 Å². The van der Waals surface area contributed by atoms with Crippen LogP contribution in [0.15, 0.2) is 0 Å². The first-order valence-electron chi connectivity index (χ1n) is 6.69. The Labute approximate surface area is 111 Å². The molecule has 108 valence electrons. The molecule has 1 aliphatic heterocycles. The predicted molar refractivity (Wildman–Crippen MR) is 73.4 cm³/mol. The van der Waals surface area contributed by atoms with Gasteiger partial charge in [0.05, 0.1) is 11.9 Å². The fraction of sp³-hybridized carbons (Fsp3) is 1.00. The number of rotatable bonds is 7. The zero-order chi connectivity index (χ0) is 13.6. The van der Waals surface area contributed by atoms with Crippen LogP contribution in [0.4, 0.5) is 0 Å². The van der Waals surface area contributed by atoms with Crippen LogP contribution in [0.1, 0.15) is 26.2 Å². The lowest BCUT2D eigenvalue weighted by Gasteiger charge is -2.38. The minimum atomic E-state index is -2.84. The maximum Gasteiger partial charge on any atom is 0.150 e. The standard InChI is InChI=1S/C12H26N2O3S/c1-3-18(15,16)8-4-6-14-7-5-12(17-2)9-11(14)10-13/h11-12H,3-10,13H2,1-2H3. The van der Waals surface area contributed by atoms with Gasteiger partial charge in [-0.3, -0.25) is 4.90 Å². The topological polar surface area (TPSA) is 72.6 Å². The number of likely N-dealkylation sites (tertiary alicyclic amines) is 1. The van der Waals surface area contributed by atoms with E-state index in [2.05, 4.69) is 4.90 Å². The van der Waals surface area contributed by atoms with Crippen LogP contribution in [-0.4, -0.2) is 63.7 Å². The molecule has 2 atom stereocenters. The van der Waals surface area contributed by atoms with E-state index in [-0.39, 0.29) is 11.5 Å². The molecule has 0 bridgehead atoms. The minimum absolute atomic E-state index is 0.235. The molecular formula is C12H26N2O3S. The number of hydrogen-bond donors (Lipinski definition) is 1. The van der Waals surface area contributed by atoms with Crippen LogP contribution in [0.2, 0.25) is 0 Å². The third-order valence-electron chi connectivity index (χ3n) is 3.74. The van der Waals surface area contributed by atoms with Gasteiger partial charge >= 0.3 is 0 Å². The Bertz CT molecular complexity index is 332. The minimum Gasteiger partial charge on any atom is -0.381 e. The molecule has 1 aliphatic rings. The van der Waals surface area contributed by atoms with E-state index in [0.717, 1.165) is 25.9 Å². The summed E-state index contributed by atoms with van der Waals surface area (Å²) in [6.07, 6.45) is 2.96. The van der Waals surface area contributed by atoms with Gasteiger partial charge in [0.2, 0.25) is 0 Å². The number of nitrogens with two attached hydrogens (primary N) is 1. The largest absolute Gasteiger partial charge is 0.381 e. The summed E-state index contributed by atoms with van der Waals surface area (Å²) in [6, 6.07) is 0.327. The van der Waals surface area contributed by atoms with Crippen LogP contribution in [0.25, 0.3) is 0 Å². The van der Waals surface area contributed by atoms with Gasteiger partial charge < -0.3 is 10.5 Å². The van der Waals surface area contributed by atoms with Gasteiger partial charge in [0.15, 0.2) is 0 Å². The quantitative estimate of drug-likeness (QED) is 0.722. The van der Waals surface area contributed by atoms with Crippen molar-refractivity contribution in [3.8, 4) is 0 Å². The lowest BCUT2D eigenvalue weighted by atomic mass is 9.99. The lowest BCUT2D eigenvalue weighted by Crippen LogP contribution is -2.49. The van der Waals surface area contributed by atoms with Crippen molar-refractivity contribution in [1.82, 2.24) is 4.90 Å². The van der Waals surface area contributed by atoms with Crippen LogP contribution in [0.5, 0.6) is 0 Å². The molecule has 0 aliphatic carbocycles. The number of hydrogen-bond acceptors (Lipinski definition) is 5. The molecule has 0 saturated carbocycles. The highest BCUT2D eigenvalue weighted by Crippen LogP contribution is 2.19. The Morgan fingerprint density at radius 2 is 2.17 bits per heavy atom. The lowest BCUT2D eigenvalue weighted by molar-refractivity contribution is 0.0135. The van der Waals surface area contributed by atoms with Crippen molar-refractivity contribution in [2.45, 2.75) is 38.3 Å². The van der Waals surface area contributed by atoms with Crippen molar-refractivity contribution in [1.29, 1.82) is 0 Å². The fourth-order valence-electron chi connectivity index (χ4n) is 2.45. The highest BCUT2D eigenvalue weighted by Gasteiger charge is 2.27. The Kier molecular flexibility index (Phi) is 6.55. The van der Waals surface area contributed by atoms with Crippen LogP contribution < -0.4 is 5.73 Å². The van der Waals surface area contributed by atoms with E-state index in [4.69, 9.17) is 10.5 Å². The smallest absolute Gasteiger partial charge is 0.150 e. The predicted octanol–water partition coefficient (Wildman–Crippen LogP) is 0.249. The second-order valence-corrected chi connectivity index (χ2v) is 7.37. The summed E-state index contributed by atoms with van der Waals surface area (Å²) in [7, 11) is -1.10. The summed E-state index contributed by atoms with van der Waals surface area (Å²) in [5.41, 5.74) is 5.78. The third-order valence-corrected chi connectivity index (χ3v) is 5.53. The monoisotopic (exact) mass is 278 g/mol. The van der Waals surface area contributed by atoms with E-state index in [9.17, 15) is 8.42 Å². The molecule has 0 radical (unpaired) electrons. The van der Waals surface area contributed by atoms with E-state index in [1.54, 1.807) is 14.0 Å². The fourth-order valence-corrected chi connectivity index (χ4v) is 3.31. The zero-order valence-electron chi connectivity index (χ0n) is 11.5. The maximum absolute atomic E-state index is 11.4. The van der Waals surface area contributed by atoms with Crippen molar-refractivity contribution in [3.05, 3.63) is 0 Å². The SMILES string of the molecule is CCS(=O)(=O)CCCN1CCC(OC)CC1CN. The van der Waals surface area contributed by atoms with E-state index < -0.39 is 9.84 Å². The second kappa shape index (κ2) is 7.43. The van der Waals surface area contributed by atoms with Gasteiger partial charge in [-0.25, -0.2) is 8.42 Å². The van der Waals surface area contributed by atoms with Gasteiger partial charge in [0, 0.05) is 32.0 Å². The normalized spacial score (nSPS) is 26.4. The van der Waals surface area contributed by atoms with Crippen molar-refractivity contribution in [2.75, 3.05) is 38.2 Å². The molecule has 1 heterocycles. The molecule has 6 heteroatoms. The summed E-state index contributed by atoms with van der Waals surface area (Å²) in [6.45, 7) is 4.08. The van der Waals surface area contributed by atoms with E-state index >= 15 is 0 Å². The molecule has 0 amide bonds. The van der Waals surface area contributed by atoms with Crippen LogP contribution >= 0.6 is 0 Å². The summed E-state index contributed by atoms with van der Waals surface area (Å²) in [5, 5.41) is 0. The summed E-state index contributed by atoms with van der Waals surface area (Å²) in [5.74, 6) is 0.518. The molecule has 5 nitrogen and oxygen atoms in total. The molecule has 2 N–H and O–H groups in total. The molecule has 18 heavy (non-hydrogen) atoms. The molecule has 2 unspecified atom stereocenters. The van der Waals surface area contributed by atoms with Crippen LogP contribution in [0, 0.1) is 0 Å². The average molecular weight is 278 g/mol. The maximum atomic E-state index is 11.4. The van der Waals surface area contributed by atoms with Crippen LogP contribution in [-0.2, 0) is 14.6 Å². The van der Waals surface area contributed by atoms with Crippen molar-refractivity contribution in [2.24, 2.45) is 5.73 Å². The highest BCUT2D eigenvalue weighted by molar-refractivity contribution is 7.91. The van der Waals surface area contributed by atoms with Gasteiger partial charge in [-0.15, -0.1) is 0 Å². The molecule has 0 aromatic rings. The zero-order valence-corrected chi connectivity index (χ0v) is 12.3. The summed E-state index contributed by atoms with van der Waals surface area (Å²) in [4.78, 5) is 2.31. The summed E-state index contributed by atoms with van der Waals surface area (Å²) < 4.78 is 28.2. The molecule has 0 spiro atoms. The Morgan fingerprint density at radius 1 is 1.44 bits per heavy atom. The highest BCUT2D eigenvalue weighted by atomic mass is 32.2. The number of piperidine rings is 1. The Balaban J connectivity index is 2.37. The summed E-state index contributed by atoms with van der Waals surface area (Å²) >= 11 is 0. The molecule has 1 rings (SSSR count). The average Bonchev–Trinajstić information content (AvgIpc) is 2.38. The van der Waals surface area contributed by atoms with Crippen molar-refractivity contribution >= 4 is 9.84 Å². The number of sulfone groups is 1. The number of ether oxygens (including phenoxy) is 1. The Morgan fingerprint density at radius 3 is 2.72 bits per heavy atom. The first-order chi connectivity index (χ1) is 8.52. The molecule has 0 aromatic heterocycles. The Hall–Kier alpha value is -0.170. The molecule has 1 saturated heterocycles. The van der Waals surface area contributed by atoms with E-state index in [1.165, 1.54) is 0 Å². The van der Waals surface area contributed by atoms with E-state index in [0.29, 0.717) is 25.1 Å². The van der Waals surface area contributed by atoms with Crippen molar-refractivity contribution in [3.63, 3.8) is 0 Å². The first-order valence-corrected chi connectivity index (χ1v) is 8.52. The first kappa shape index (κ1) is 15.9. The second-order valence-electron chi connectivity index (χ2n) is 4.90.